The number of nitrogens with zero attached hydrogens (tertiary/aromatic N) is 2. The molecule has 12 heteroatoms. The molecule has 0 aliphatic carbocycles. The van der Waals surface area contributed by atoms with Gasteiger partial charge in [-0.2, -0.15) is 4.31 Å². The number of aliphatic hydroxyl groups excluding tert-OH is 1. The molecule has 0 saturated heterocycles. The van der Waals surface area contributed by atoms with E-state index < -0.39 is 57.0 Å². The predicted octanol–water partition coefficient (Wildman–Crippen LogP) is 2.27. The number of hydrogen-bond acceptors (Lipinski definition) is 9. The fourth-order valence-corrected chi connectivity index (χ4v) is 5.76. The van der Waals surface area contributed by atoms with Crippen LogP contribution in [-0.4, -0.2) is 67.1 Å². The lowest BCUT2D eigenvalue weighted by Gasteiger charge is -2.33. The highest BCUT2D eigenvalue weighted by Gasteiger charge is 2.39. The first kappa shape index (κ1) is 25.7. The summed E-state index contributed by atoms with van der Waals surface area (Å²) in [5.41, 5.74) is -0.599. The number of benzene rings is 2. The smallest absolute Gasteiger partial charge is 0.302 e. The number of methoxy groups -OCH3 is 1. The molecule has 0 heterocycles. The van der Waals surface area contributed by atoms with E-state index in [4.69, 9.17) is 9.47 Å². The average Bonchev–Trinajstić information content (AvgIpc) is 2.77. The summed E-state index contributed by atoms with van der Waals surface area (Å²) in [5, 5.41) is 22.2. The summed E-state index contributed by atoms with van der Waals surface area (Å²) >= 11 is 1.27. The number of nitro benzene ring substituents is 1. The van der Waals surface area contributed by atoms with Crippen molar-refractivity contribution in [2.24, 2.45) is 0 Å². The first-order valence-corrected chi connectivity index (χ1v) is 11.8. The summed E-state index contributed by atoms with van der Waals surface area (Å²) in [7, 11) is -3.21. The predicted molar refractivity (Wildman–Crippen MR) is 118 cm³/mol. The Labute approximate surface area is 190 Å². The van der Waals surface area contributed by atoms with E-state index in [-0.39, 0.29) is 5.75 Å². The summed E-state index contributed by atoms with van der Waals surface area (Å²) in [6, 6.07) is 12.9. The Balaban J connectivity index is 2.46. The second kappa shape index (κ2) is 11.9. The summed E-state index contributed by atoms with van der Waals surface area (Å²) in [6.45, 7) is 0.227. The van der Waals surface area contributed by atoms with Crippen molar-refractivity contribution in [3.05, 3.63) is 64.7 Å². The highest BCUT2D eigenvalue weighted by Crippen LogP contribution is 2.30. The first-order valence-electron chi connectivity index (χ1n) is 9.42. The minimum atomic E-state index is -4.47. The van der Waals surface area contributed by atoms with Crippen LogP contribution in [0.15, 0.2) is 64.4 Å². The number of carbonyl (C=O) groups excluding carboxylic acids is 1. The number of ether oxygens (including phenoxy) is 2. The molecule has 0 aliphatic heterocycles. The zero-order chi connectivity index (χ0) is 23.7. The quantitative estimate of drug-likeness (QED) is 0.158. The Kier molecular flexibility index (Phi) is 9.60. The summed E-state index contributed by atoms with van der Waals surface area (Å²) in [4.78, 5) is 22.1. The largest absolute Gasteiger partial charge is 0.463 e. The highest BCUT2D eigenvalue weighted by atomic mass is 32.2. The third-order valence-electron chi connectivity index (χ3n) is 4.34. The maximum absolute atomic E-state index is 13.5. The molecule has 0 fully saturated rings. The number of rotatable bonds is 12. The monoisotopic (exact) mass is 484 g/mol. The molecule has 10 nitrogen and oxygen atoms in total. The fraction of sp³-hybridized carbons (Fsp3) is 0.350. The van der Waals surface area contributed by atoms with Crippen LogP contribution in [0.1, 0.15) is 6.92 Å². The molecule has 0 radical (unpaired) electrons. The molecule has 2 rings (SSSR count). The Hall–Kier alpha value is -2.51. The molecule has 0 unspecified atom stereocenters. The van der Waals surface area contributed by atoms with Crippen molar-refractivity contribution in [2.75, 3.05) is 26.2 Å². The Bertz CT molecular complexity index is 1020. The molecule has 2 atom stereocenters. The van der Waals surface area contributed by atoms with E-state index in [2.05, 4.69) is 0 Å². The third-order valence-corrected chi connectivity index (χ3v) is 7.35. The van der Waals surface area contributed by atoms with Crippen LogP contribution in [0.25, 0.3) is 0 Å². The molecule has 32 heavy (non-hydrogen) atoms. The van der Waals surface area contributed by atoms with Gasteiger partial charge in [-0.15, -0.1) is 11.8 Å². The number of thioether (sulfide) groups is 1. The molecule has 0 aromatic heterocycles. The topological polar surface area (TPSA) is 136 Å². The van der Waals surface area contributed by atoms with Crippen molar-refractivity contribution in [3.8, 4) is 0 Å². The lowest BCUT2D eigenvalue weighted by atomic mass is 10.2. The standard InChI is InChI=1S/C20H24N2O8S2/c1-15(23)30-12-19(24)18(13-31-16-8-4-3-5-9-16)21(14-29-2)32(27,28)20-11-7-6-10-17(20)22(25)26/h3-11,18-19,24H,12-14H2,1-2H3/t18-,19-/m0/s1. The van der Waals surface area contributed by atoms with Crippen molar-refractivity contribution >= 4 is 33.4 Å². The van der Waals surface area contributed by atoms with Gasteiger partial charge < -0.3 is 14.6 Å². The van der Waals surface area contributed by atoms with Gasteiger partial charge in [-0.3, -0.25) is 14.9 Å². The van der Waals surface area contributed by atoms with Gasteiger partial charge >= 0.3 is 5.97 Å². The van der Waals surface area contributed by atoms with Crippen LogP contribution in [-0.2, 0) is 24.3 Å². The molecule has 2 aromatic rings. The first-order chi connectivity index (χ1) is 15.2. The zero-order valence-electron chi connectivity index (χ0n) is 17.5. The van der Waals surface area contributed by atoms with E-state index in [0.29, 0.717) is 0 Å². The Morgan fingerprint density at radius 3 is 2.41 bits per heavy atom. The normalized spacial score (nSPS) is 13.5. The van der Waals surface area contributed by atoms with Crippen LogP contribution in [0.3, 0.4) is 0 Å². The SMILES string of the molecule is COCN([C@@H](CSc1ccccc1)[C@@H](O)COC(C)=O)S(=O)(=O)c1ccccc1[N+](=O)[O-]. The summed E-state index contributed by atoms with van der Waals surface area (Å²) in [6.07, 6.45) is -1.41. The molecule has 0 amide bonds. The number of carbonyl (C=O) groups is 1. The van der Waals surface area contributed by atoms with Gasteiger partial charge in [-0.25, -0.2) is 8.42 Å². The molecule has 174 valence electrons. The summed E-state index contributed by atoms with van der Waals surface area (Å²) in [5.74, 6) is -0.575. The molecule has 0 aliphatic rings. The maximum Gasteiger partial charge on any atom is 0.302 e. The Morgan fingerprint density at radius 1 is 1.19 bits per heavy atom. The lowest BCUT2D eigenvalue weighted by Crippen LogP contribution is -2.51. The van der Waals surface area contributed by atoms with Crippen LogP contribution in [0, 0.1) is 10.1 Å². The second-order valence-corrected chi connectivity index (χ2v) is 9.55. The highest BCUT2D eigenvalue weighted by molar-refractivity contribution is 7.99. The van der Waals surface area contributed by atoms with Crippen LogP contribution in [0.2, 0.25) is 0 Å². The molecule has 0 saturated carbocycles. The van der Waals surface area contributed by atoms with Crippen LogP contribution < -0.4 is 0 Å². The van der Waals surface area contributed by atoms with E-state index in [9.17, 15) is 28.4 Å². The van der Waals surface area contributed by atoms with Crippen molar-refractivity contribution in [1.29, 1.82) is 0 Å². The van der Waals surface area contributed by atoms with E-state index in [1.54, 1.807) is 0 Å². The van der Waals surface area contributed by atoms with Crippen molar-refractivity contribution < 1.29 is 32.7 Å². The molecule has 0 spiro atoms. The minimum Gasteiger partial charge on any atom is -0.463 e. The molecule has 2 aromatic carbocycles. The third kappa shape index (κ3) is 6.74. The van der Waals surface area contributed by atoms with Crippen molar-refractivity contribution in [2.45, 2.75) is 28.9 Å². The van der Waals surface area contributed by atoms with Crippen molar-refractivity contribution in [3.63, 3.8) is 0 Å². The van der Waals surface area contributed by atoms with E-state index in [0.717, 1.165) is 28.3 Å². The lowest BCUT2D eigenvalue weighted by molar-refractivity contribution is -0.387. The van der Waals surface area contributed by atoms with E-state index in [1.807, 2.05) is 30.3 Å². The van der Waals surface area contributed by atoms with Gasteiger partial charge in [0.15, 0.2) is 4.90 Å². The van der Waals surface area contributed by atoms with E-state index >= 15 is 0 Å². The zero-order valence-corrected chi connectivity index (χ0v) is 19.1. The van der Waals surface area contributed by atoms with Gasteiger partial charge in [-0.05, 0) is 18.2 Å². The molecule has 1 N–H and O–H groups in total. The average molecular weight is 485 g/mol. The van der Waals surface area contributed by atoms with Gasteiger partial charge in [0.25, 0.3) is 15.7 Å². The maximum atomic E-state index is 13.5. The van der Waals surface area contributed by atoms with E-state index in [1.165, 1.54) is 31.0 Å². The minimum absolute atomic E-state index is 0.0651. The molecular formula is C20H24N2O8S2. The number of hydrogen-bond donors (Lipinski definition) is 1. The number of sulfonamides is 1. The van der Waals surface area contributed by atoms with Gasteiger partial charge in [0.1, 0.15) is 19.4 Å². The van der Waals surface area contributed by atoms with Crippen LogP contribution in [0.4, 0.5) is 5.69 Å². The van der Waals surface area contributed by atoms with Gasteiger partial charge in [-0.1, -0.05) is 30.3 Å². The second-order valence-electron chi connectivity index (χ2n) is 6.60. The van der Waals surface area contributed by atoms with Crippen LogP contribution in [0.5, 0.6) is 0 Å². The van der Waals surface area contributed by atoms with Crippen molar-refractivity contribution in [1.82, 2.24) is 4.31 Å². The number of para-hydroxylation sites is 1. The van der Waals surface area contributed by atoms with Gasteiger partial charge in [0, 0.05) is 30.7 Å². The van der Waals surface area contributed by atoms with Crippen LogP contribution >= 0.6 is 11.8 Å². The van der Waals surface area contributed by atoms with Gasteiger partial charge in [0.05, 0.1) is 11.0 Å². The number of aliphatic hydroxyl groups is 1. The fourth-order valence-electron chi connectivity index (χ4n) is 2.82. The molecular weight excluding hydrogens is 460 g/mol. The summed E-state index contributed by atoms with van der Waals surface area (Å²) < 4.78 is 37.7. The van der Waals surface area contributed by atoms with Gasteiger partial charge in [0.2, 0.25) is 0 Å². The molecule has 0 bridgehead atoms. The number of nitro groups is 1. The Morgan fingerprint density at radius 2 is 1.81 bits per heavy atom. The number of esters is 1.